The molecule has 0 fully saturated rings. The summed E-state index contributed by atoms with van der Waals surface area (Å²) in [4.78, 5) is 4.29. The standard InChI is InChI=1S/C18H20N4O3S/c23-26(24,20-14-16-9-5-2-6-10-16)19-12-11-18-21-17(22-25-18)13-15-7-3-1-4-8-15/h1-10,19-20H,11-14H2. The summed E-state index contributed by atoms with van der Waals surface area (Å²) in [5, 5.41) is 3.92. The summed E-state index contributed by atoms with van der Waals surface area (Å²) < 4.78 is 34.0. The molecule has 0 atom stereocenters. The Morgan fingerprint density at radius 1 is 0.885 bits per heavy atom. The smallest absolute Gasteiger partial charge is 0.277 e. The van der Waals surface area contributed by atoms with Crippen molar-refractivity contribution in [3.05, 3.63) is 83.5 Å². The highest BCUT2D eigenvalue weighted by Gasteiger charge is 2.11. The average molecular weight is 372 g/mol. The maximum absolute atomic E-state index is 12.0. The van der Waals surface area contributed by atoms with Crippen molar-refractivity contribution in [1.29, 1.82) is 0 Å². The first kappa shape index (κ1) is 18.2. The topological polar surface area (TPSA) is 97.1 Å². The van der Waals surface area contributed by atoms with E-state index in [1.807, 2.05) is 60.7 Å². The number of nitrogens with one attached hydrogen (secondary N) is 2. The first-order valence-corrected chi connectivity index (χ1v) is 9.72. The zero-order valence-electron chi connectivity index (χ0n) is 14.1. The zero-order valence-corrected chi connectivity index (χ0v) is 14.9. The van der Waals surface area contributed by atoms with Crippen LogP contribution in [0.4, 0.5) is 0 Å². The quantitative estimate of drug-likeness (QED) is 0.597. The molecule has 136 valence electrons. The molecule has 0 amide bonds. The predicted molar refractivity (Wildman–Crippen MR) is 97.5 cm³/mol. The second kappa shape index (κ2) is 8.70. The number of hydrogen-bond acceptors (Lipinski definition) is 5. The second-order valence-corrected chi connectivity index (χ2v) is 7.31. The van der Waals surface area contributed by atoms with Crippen molar-refractivity contribution in [3.63, 3.8) is 0 Å². The molecule has 0 saturated heterocycles. The molecule has 2 aromatic carbocycles. The molecule has 8 heteroatoms. The van der Waals surface area contributed by atoms with Crippen LogP contribution in [-0.4, -0.2) is 25.1 Å². The van der Waals surface area contributed by atoms with Gasteiger partial charge in [0.1, 0.15) is 0 Å². The summed E-state index contributed by atoms with van der Waals surface area (Å²) in [5.41, 5.74) is 1.98. The lowest BCUT2D eigenvalue weighted by Crippen LogP contribution is -2.37. The average Bonchev–Trinajstić information content (AvgIpc) is 3.09. The van der Waals surface area contributed by atoms with E-state index >= 15 is 0 Å². The van der Waals surface area contributed by atoms with Gasteiger partial charge in [-0.1, -0.05) is 65.8 Å². The second-order valence-electron chi connectivity index (χ2n) is 5.72. The van der Waals surface area contributed by atoms with Crippen LogP contribution in [0.3, 0.4) is 0 Å². The molecule has 7 nitrogen and oxygen atoms in total. The Bertz CT molecular complexity index is 912. The zero-order chi connectivity index (χ0) is 18.2. The molecule has 0 radical (unpaired) electrons. The maximum Gasteiger partial charge on any atom is 0.277 e. The van der Waals surface area contributed by atoms with E-state index in [2.05, 4.69) is 19.6 Å². The predicted octanol–water partition coefficient (Wildman–Crippen LogP) is 1.83. The molecule has 0 unspecified atom stereocenters. The van der Waals surface area contributed by atoms with E-state index in [0.29, 0.717) is 24.6 Å². The summed E-state index contributed by atoms with van der Waals surface area (Å²) in [7, 11) is -3.58. The van der Waals surface area contributed by atoms with Gasteiger partial charge in [0.05, 0.1) is 0 Å². The SMILES string of the molecule is O=S(=O)(NCCc1nc(Cc2ccccc2)no1)NCc1ccccc1. The molecule has 3 rings (SSSR count). The van der Waals surface area contributed by atoms with E-state index in [9.17, 15) is 8.42 Å². The number of rotatable bonds is 9. The Morgan fingerprint density at radius 3 is 2.23 bits per heavy atom. The highest BCUT2D eigenvalue weighted by atomic mass is 32.2. The van der Waals surface area contributed by atoms with Crippen LogP contribution in [-0.2, 0) is 29.6 Å². The van der Waals surface area contributed by atoms with Crippen LogP contribution >= 0.6 is 0 Å². The molecule has 1 heterocycles. The molecule has 0 bridgehead atoms. The van der Waals surface area contributed by atoms with Gasteiger partial charge in [-0.3, -0.25) is 0 Å². The molecule has 2 N–H and O–H groups in total. The third kappa shape index (κ3) is 5.76. The van der Waals surface area contributed by atoms with E-state index in [1.165, 1.54) is 0 Å². The van der Waals surface area contributed by atoms with Crippen LogP contribution in [0, 0.1) is 0 Å². The molecule has 1 aromatic heterocycles. The third-order valence-corrected chi connectivity index (χ3v) is 4.76. The lowest BCUT2D eigenvalue weighted by molar-refractivity contribution is 0.373. The molecule has 0 aliphatic rings. The first-order chi connectivity index (χ1) is 12.6. The summed E-state index contributed by atoms with van der Waals surface area (Å²) in [6.07, 6.45) is 0.905. The van der Waals surface area contributed by atoms with Crippen molar-refractivity contribution in [2.75, 3.05) is 6.54 Å². The van der Waals surface area contributed by atoms with E-state index < -0.39 is 10.2 Å². The minimum Gasteiger partial charge on any atom is -0.339 e. The highest BCUT2D eigenvalue weighted by Crippen LogP contribution is 2.06. The summed E-state index contributed by atoms with van der Waals surface area (Å²) >= 11 is 0. The Morgan fingerprint density at radius 2 is 1.54 bits per heavy atom. The van der Waals surface area contributed by atoms with Crippen molar-refractivity contribution in [2.24, 2.45) is 0 Å². The fourth-order valence-corrected chi connectivity index (χ4v) is 3.19. The van der Waals surface area contributed by atoms with Crippen LogP contribution in [0.15, 0.2) is 65.2 Å². The summed E-state index contributed by atoms with van der Waals surface area (Å²) in [6.45, 7) is 0.412. The number of nitrogens with zero attached hydrogens (tertiary/aromatic N) is 2. The van der Waals surface area contributed by atoms with Crippen molar-refractivity contribution in [2.45, 2.75) is 19.4 Å². The lowest BCUT2D eigenvalue weighted by Gasteiger charge is -2.07. The summed E-state index contributed by atoms with van der Waals surface area (Å²) in [5.74, 6) is 0.984. The van der Waals surface area contributed by atoms with Crippen LogP contribution in [0.2, 0.25) is 0 Å². The van der Waals surface area contributed by atoms with E-state index in [4.69, 9.17) is 4.52 Å². The Hall–Kier alpha value is -2.55. The van der Waals surface area contributed by atoms with Gasteiger partial charge < -0.3 is 4.52 Å². The van der Waals surface area contributed by atoms with Crippen molar-refractivity contribution >= 4 is 10.2 Å². The summed E-state index contributed by atoms with van der Waals surface area (Å²) in [6, 6.07) is 19.1. The number of hydrogen-bond donors (Lipinski definition) is 2. The lowest BCUT2D eigenvalue weighted by atomic mass is 10.1. The van der Waals surface area contributed by atoms with Gasteiger partial charge in [-0.05, 0) is 11.1 Å². The molecule has 0 aliphatic carbocycles. The minimum absolute atomic E-state index is 0.178. The van der Waals surface area contributed by atoms with E-state index in [-0.39, 0.29) is 13.1 Å². The van der Waals surface area contributed by atoms with E-state index in [0.717, 1.165) is 11.1 Å². The van der Waals surface area contributed by atoms with Gasteiger partial charge in [0.15, 0.2) is 5.82 Å². The Balaban J connectivity index is 1.44. The van der Waals surface area contributed by atoms with Crippen LogP contribution in [0.5, 0.6) is 0 Å². The normalized spacial score (nSPS) is 11.5. The molecular weight excluding hydrogens is 352 g/mol. The van der Waals surface area contributed by atoms with Gasteiger partial charge in [0.25, 0.3) is 10.2 Å². The minimum atomic E-state index is -3.58. The van der Waals surface area contributed by atoms with Crippen LogP contribution in [0.25, 0.3) is 0 Å². The van der Waals surface area contributed by atoms with Crippen LogP contribution < -0.4 is 9.44 Å². The monoisotopic (exact) mass is 372 g/mol. The van der Waals surface area contributed by atoms with Gasteiger partial charge in [-0.25, -0.2) is 4.72 Å². The van der Waals surface area contributed by atoms with Crippen molar-refractivity contribution in [3.8, 4) is 0 Å². The Labute approximate surface area is 152 Å². The molecular formula is C18H20N4O3S. The molecule has 0 aliphatic heterocycles. The van der Waals surface area contributed by atoms with Gasteiger partial charge in [0, 0.05) is 25.9 Å². The fraction of sp³-hybridized carbons (Fsp3) is 0.222. The van der Waals surface area contributed by atoms with Gasteiger partial charge in [-0.2, -0.15) is 18.1 Å². The van der Waals surface area contributed by atoms with Gasteiger partial charge in [0.2, 0.25) is 5.89 Å². The fourth-order valence-electron chi connectivity index (χ4n) is 2.36. The highest BCUT2D eigenvalue weighted by molar-refractivity contribution is 7.87. The van der Waals surface area contributed by atoms with Crippen molar-refractivity contribution in [1.82, 2.24) is 19.6 Å². The maximum atomic E-state index is 12.0. The first-order valence-electron chi connectivity index (χ1n) is 8.24. The number of aromatic nitrogens is 2. The van der Waals surface area contributed by atoms with Gasteiger partial charge in [-0.15, -0.1) is 0 Å². The van der Waals surface area contributed by atoms with Crippen LogP contribution in [0.1, 0.15) is 22.8 Å². The van der Waals surface area contributed by atoms with Crippen molar-refractivity contribution < 1.29 is 12.9 Å². The number of benzene rings is 2. The molecule has 0 saturated carbocycles. The molecule has 26 heavy (non-hydrogen) atoms. The Kier molecular flexibility index (Phi) is 6.11. The van der Waals surface area contributed by atoms with E-state index in [1.54, 1.807) is 0 Å². The molecule has 3 aromatic rings. The van der Waals surface area contributed by atoms with Gasteiger partial charge >= 0.3 is 0 Å². The third-order valence-electron chi connectivity index (χ3n) is 3.66. The molecule has 0 spiro atoms. The largest absolute Gasteiger partial charge is 0.339 e.